The number of aliphatic imine (C=N–C) groups is 1. The molecule has 0 aliphatic carbocycles. The lowest BCUT2D eigenvalue weighted by atomic mass is 9.84. The molecule has 0 bridgehead atoms. The lowest BCUT2D eigenvalue weighted by Gasteiger charge is -2.27. The summed E-state index contributed by atoms with van der Waals surface area (Å²) in [5.74, 6) is 0.990. The minimum atomic E-state index is -0.261. The highest BCUT2D eigenvalue weighted by Gasteiger charge is 2.21. The standard InChI is InChI=1S/C21H29FN4O2/c1-21(2,17-8-5-9-18(22)13-17)15-26-20(23-3)25-14-16-7-6-10-24-19(16)28-12-11-27-4/h5-10,13H,11-12,14-15H2,1-4H3,(H2,23,25,26). The molecule has 2 aromatic rings. The molecular weight excluding hydrogens is 359 g/mol. The van der Waals surface area contributed by atoms with Crippen LogP contribution in [0.2, 0.25) is 0 Å². The van der Waals surface area contributed by atoms with Gasteiger partial charge in [0.25, 0.3) is 0 Å². The number of nitrogens with zero attached hydrogens (tertiary/aromatic N) is 2. The van der Waals surface area contributed by atoms with Gasteiger partial charge in [-0.1, -0.05) is 32.0 Å². The molecule has 2 N–H and O–H groups in total. The topological polar surface area (TPSA) is 67.8 Å². The summed E-state index contributed by atoms with van der Waals surface area (Å²) in [6, 6.07) is 10.5. The van der Waals surface area contributed by atoms with Crippen LogP contribution in [0.15, 0.2) is 47.6 Å². The molecule has 0 saturated carbocycles. The second-order valence-electron chi connectivity index (χ2n) is 6.98. The normalized spacial score (nSPS) is 12.0. The molecule has 0 radical (unpaired) electrons. The number of ether oxygens (including phenoxy) is 2. The first-order chi connectivity index (χ1) is 13.5. The molecule has 2 rings (SSSR count). The zero-order valence-electron chi connectivity index (χ0n) is 17.0. The molecular formula is C21H29FN4O2. The van der Waals surface area contributed by atoms with Crippen molar-refractivity contribution in [2.24, 2.45) is 4.99 Å². The molecule has 28 heavy (non-hydrogen) atoms. The van der Waals surface area contributed by atoms with Crippen molar-refractivity contribution in [3.63, 3.8) is 0 Å². The van der Waals surface area contributed by atoms with Crippen LogP contribution in [-0.4, -0.2) is 44.9 Å². The first-order valence-electron chi connectivity index (χ1n) is 9.22. The summed E-state index contributed by atoms with van der Waals surface area (Å²) in [6.07, 6.45) is 1.69. The number of hydrogen-bond donors (Lipinski definition) is 2. The number of pyridine rings is 1. The SMILES string of the molecule is CN=C(NCc1cccnc1OCCOC)NCC(C)(C)c1cccc(F)c1. The van der Waals surface area contributed by atoms with Crippen LogP contribution in [0.5, 0.6) is 5.88 Å². The Morgan fingerprint density at radius 2 is 2.00 bits per heavy atom. The van der Waals surface area contributed by atoms with Gasteiger partial charge in [-0.15, -0.1) is 0 Å². The summed E-state index contributed by atoms with van der Waals surface area (Å²) in [4.78, 5) is 8.54. The van der Waals surface area contributed by atoms with Gasteiger partial charge in [0.15, 0.2) is 5.96 Å². The van der Waals surface area contributed by atoms with Crippen molar-refractivity contribution in [3.8, 4) is 5.88 Å². The van der Waals surface area contributed by atoms with Crippen molar-refractivity contribution in [3.05, 3.63) is 59.5 Å². The number of rotatable bonds is 9. The Hall–Kier alpha value is -2.67. The number of nitrogens with one attached hydrogen (secondary N) is 2. The van der Waals surface area contributed by atoms with Gasteiger partial charge < -0.3 is 20.1 Å². The third-order valence-electron chi connectivity index (χ3n) is 4.35. The fourth-order valence-electron chi connectivity index (χ4n) is 2.63. The molecule has 0 amide bonds. The van der Waals surface area contributed by atoms with Gasteiger partial charge in [-0.3, -0.25) is 4.99 Å². The summed E-state index contributed by atoms with van der Waals surface area (Å²) in [5, 5.41) is 6.57. The van der Waals surface area contributed by atoms with E-state index < -0.39 is 0 Å². The fraction of sp³-hybridized carbons (Fsp3) is 0.429. The molecule has 6 nitrogen and oxygen atoms in total. The minimum absolute atomic E-state index is 0.231. The van der Waals surface area contributed by atoms with Gasteiger partial charge >= 0.3 is 0 Å². The molecule has 0 aliphatic heterocycles. The second kappa shape index (κ2) is 10.6. The van der Waals surface area contributed by atoms with Crippen LogP contribution in [0.25, 0.3) is 0 Å². The lowest BCUT2D eigenvalue weighted by Crippen LogP contribution is -2.43. The van der Waals surface area contributed by atoms with E-state index in [0.29, 0.717) is 38.1 Å². The number of methoxy groups -OCH3 is 1. The minimum Gasteiger partial charge on any atom is -0.475 e. The summed E-state index contributed by atoms with van der Waals surface area (Å²) in [7, 11) is 3.34. The van der Waals surface area contributed by atoms with E-state index >= 15 is 0 Å². The van der Waals surface area contributed by atoms with Gasteiger partial charge in [0.1, 0.15) is 12.4 Å². The van der Waals surface area contributed by atoms with Crippen molar-refractivity contribution in [2.75, 3.05) is 33.9 Å². The lowest BCUT2D eigenvalue weighted by molar-refractivity contribution is 0.143. The number of aromatic nitrogens is 1. The molecule has 0 spiro atoms. The summed E-state index contributed by atoms with van der Waals surface area (Å²) in [6.45, 7) is 6.17. The fourth-order valence-corrected chi connectivity index (χ4v) is 2.63. The maximum Gasteiger partial charge on any atom is 0.218 e. The van der Waals surface area contributed by atoms with Gasteiger partial charge in [-0.05, 0) is 23.8 Å². The Balaban J connectivity index is 1.93. The zero-order chi connectivity index (χ0) is 20.4. The van der Waals surface area contributed by atoms with E-state index in [1.807, 2.05) is 18.2 Å². The van der Waals surface area contributed by atoms with Crippen LogP contribution in [0.3, 0.4) is 0 Å². The maximum atomic E-state index is 13.5. The van der Waals surface area contributed by atoms with Crippen LogP contribution < -0.4 is 15.4 Å². The third-order valence-corrected chi connectivity index (χ3v) is 4.35. The summed E-state index contributed by atoms with van der Waals surface area (Å²) < 4.78 is 24.2. The number of benzene rings is 1. The highest BCUT2D eigenvalue weighted by molar-refractivity contribution is 5.79. The molecule has 1 heterocycles. The zero-order valence-corrected chi connectivity index (χ0v) is 17.0. The molecule has 1 aromatic heterocycles. The van der Waals surface area contributed by atoms with Crippen LogP contribution in [-0.2, 0) is 16.7 Å². The molecule has 0 atom stereocenters. The van der Waals surface area contributed by atoms with E-state index in [1.54, 1.807) is 32.5 Å². The molecule has 0 aliphatic rings. The highest BCUT2D eigenvalue weighted by Crippen LogP contribution is 2.22. The van der Waals surface area contributed by atoms with Crippen LogP contribution in [0.1, 0.15) is 25.0 Å². The predicted octanol–water partition coefficient (Wildman–Crippen LogP) is 2.89. The average molecular weight is 388 g/mol. The Kier molecular flexibility index (Phi) is 8.19. The number of hydrogen-bond acceptors (Lipinski definition) is 4. The van der Waals surface area contributed by atoms with Gasteiger partial charge in [0, 0.05) is 44.4 Å². The maximum absolute atomic E-state index is 13.5. The molecule has 0 fully saturated rings. The first kappa shape index (κ1) is 21.6. The quantitative estimate of drug-likeness (QED) is 0.393. The van der Waals surface area contributed by atoms with Crippen LogP contribution in [0, 0.1) is 5.82 Å². The Morgan fingerprint density at radius 1 is 1.18 bits per heavy atom. The van der Waals surface area contributed by atoms with Crippen molar-refractivity contribution in [1.82, 2.24) is 15.6 Å². The summed E-state index contributed by atoms with van der Waals surface area (Å²) in [5.41, 5.74) is 1.59. The second-order valence-corrected chi connectivity index (χ2v) is 6.98. The molecule has 1 aromatic carbocycles. The van der Waals surface area contributed by atoms with Gasteiger partial charge in [-0.25, -0.2) is 9.37 Å². The largest absolute Gasteiger partial charge is 0.475 e. The van der Waals surface area contributed by atoms with E-state index in [9.17, 15) is 4.39 Å². The van der Waals surface area contributed by atoms with E-state index in [1.165, 1.54) is 6.07 Å². The third kappa shape index (κ3) is 6.49. The van der Waals surface area contributed by atoms with Crippen molar-refractivity contribution < 1.29 is 13.9 Å². The highest BCUT2D eigenvalue weighted by atomic mass is 19.1. The summed E-state index contributed by atoms with van der Waals surface area (Å²) >= 11 is 0. The molecule has 0 unspecified atom stereocenters. The Bertz CT molecular complexity index is 781. The number of halogens is 1. The van der Waals surface area contributed by atoms with Gasteiger partial charge in [-0.2, -0.15) is 0 Å². The average Bonchev–Trinajstić information content (AvgIpc) is 2.69. The first-order valence-corrected chi connectivity index (χ1v) is 9.22. The van der Waals surface area contributed by atoms with Gasteiger partial charge in [0.05, 0.1) is 6.61 Å². The van der Waals surface area contributed by atoms with E-state index in [-0.39, 0.29) is 11.2 Å². The Labute approximate surface area is 166 Å². The molecule has 0 saturated heterocycles. The Morgan fingerprint density at radius 3 is 2.71 bits per heavy atom. The predicted molar refractivity (Wildman–Crippen MR) is 109 cm³/mol. The smallest absolute Gasteiger partial charge is 0.218 e. The molecule has 7 heteroatoms. The van der Waals surface area contributed by atoms with Crippen molar-refractivity contribution in [2.45, 2.75) is 25.8 Å². The van der Waals surface area contributed by atoms with E-state index in [0.717, 1.165) is 11.1 Å². The molecule has 152 valence electrons. The van der Waals surface area contributed by atoms with E-state index in [2.05, 4.69) is 34.5 Å². The van der Waals surface area contributed by atoms with Crippen molar-refractivity contribution in [1.29, 1.82) is 0 Å². The van der Waals surface area contributed by atoms with E-state index in [4.69, 9.17) is 9.47 Å². The van der Waals surface area contributed by atoms with Gasteiger partial charge in [0.2, 0.25) is 5.88 Å². The number of guanidine groups is 1. The monoisotopic (exact) mass is 388 g/mol. The van der Waals surface area contributed by atoms with Crippen LogP contribution in [0.4, 0.5) is 4.39 Å². The van der Waals surface area contributed by atoms with Crippen LogP contribution >= 0.6 is 0 Å². The van der Waals surface area contributed by atoms with Crippen molar-refractivity contribution >= 4 is 5.96 Å².